The van der Waals surface area contributed by atoms with E-state index in [0.717, 1.165) is 6.54 Å². The number of rotatable bonds is 4. The van der Waals surface area contributed by atoms with Crippen LogP contribution in [0.15, 0.2) is 12.3 Å². The van der Waals surface area contributed by atoms with Crippen molar-refractivity contribution in [1.82, 2.24) is 4.98 Å². The summed E-state index contributed by atoms with van der Waals surface area (Å²) in [5.74, 6) is 0.880. The number of nitro groups is 1. The molecule has 1 fully saturated rings. The van der Waals surface area contributed by atoms with Crippen LogP contribution in [0.3, 0.4) is 0 Å². The lowest BCUT2D eigenvalue weighted by Crippen LogP contribution is -2.11. The van der Waals surface area contributed by atoms with Gasteiger partial charge in [0.05, 0.1) is 4.92 Å². The zero-order valence-electron chi connectivity index (χ0n) is 12.2. The number of aromatic nitrogens is 1. The van der Waals surface area contributed by atoms with Crippen molar-refractivity contribution >= 4 is 11.5 Å². The van der Waals surface area contributed by atoms with E-state index in [1.54, 1.807) is 19.2 Å². The Morgan fingerprint density at radius 1 is 1.37 bits per heavy atom. The predicted molar refractivity (Wildman–Crippen MR) is 75.2 cm³/mol. The van der Waals surface area contributed by atoms with Crippen LogP contribution in [0.25, 0.3) is 0 Å². The molecule has 0 bridgehead atoms. The van der Waals surface area contributed by atoms with Gasteiger partial charge in [0.15, 0.2) is 0 Å². The highest BCUT2D eigenvalue weighted by atomic mass is 16.6. The lowest BCUT2D eigenvalue weighted by atomic mass is 10.0. The van der Waals surface area contributed by atoms with Crippen molar-refractivity contribution in [3.05, 3.63) is 27.9 Å². The van der Waals surface area contributed by atoms with E-state index in [0.29, 0.717) is 17.3 Å². The molecule has 1 aliphatic rings. The molecule has 19 heavy (non-hydrogen) atoms. The van der Waals surface area contributed by atoms with E-state index in [9.17, 15) is 10.1 Å². The predicted octanol–water partition coefficient (Wildman–Crippen LogP) is 3.39. The summed E-state index contributed by atoms with van der Waals surface area (Å²) < 4.78 is 0. The fourth-order valence-corrected chi connectivity index (χ4v) is 2.95. The first-order chi connectivity index (χ1) is 8.69. The van der Waals surface area contributed by atoms with E-state index >= 15 is 0 Å². The molecule has 0 spiro atoms. The molecule has 0 aromatic carbocycles. The quantitative estimate of drug-likeness (QED) is 0.667. The SMILES string of the molecule is Cc1ccnc(NCC2C(C)(C)C2(C)C)c1[N+](=O)[O-]. The van der Waals surface area contributed by atoms with E-state index in [-0.39, 0.29) is 21.4 Å². The van der Waals surface area contributed by atoms with E-state index in [4.69, 9.17) is 0 Å². The Bertz CT molecular complexity index is 509. The number of pyridine rings is 1. The molecule has 1 aliphatic carbocycles. The topological polar surface area (TPSA) is 68.1 Å². The third kappa shape index (κ3) is 2.07. The molecule has 0 unspecified atom stereocenters. The van der Waals surface area contributed by atoms with Crippen LogP contribution in [0.2, 0.25) is 0 Å². The van der Waals surface area contributed by atoms with Gasteiger partial charge in [-0.05, 0) is 29.7 Å². The highest BCUT2D eigenvalue weighted by Crippen LogP contribution is 2.68. The molecule has 1 saturated carbocycles. The molecule has 5 heteroatoms. The minimum absolute atomic E-state index is 0.0822. The summed E-state index contributed by atoms with van der Waals surface area (Å²) in [4.78, 5) is 14.8. The van der Waals surface area contributed by atoms with Crippen molar-refractivity contribution in [2.45, 2.75) is 34.6 Å². The van der Waals surface area contributed by atoms with E-state index in [1.165, 1.54) is 0 Å². The lowest BCUT2D eigenvalue weighted by Gasteiger charge is -2.08. The minimum atomic E-state index is -0.367. The summed E-state index contributed by atoms with van der Waals surface area (Å²) in [6, 6.07) is 1.66. The fourth-order valence-electron chi connectivity index (χ4n) is 2.95. The molecule has 1 aromatic rings. The summed E-state index contributed by atoms with van der Waals surface area (Å²) in [6.45, 7) is 11.4. The molecule has 0 aliphatic heterocycles. The van der Waals surface area contributed by atoms with Crippen molar-refractivity contribution < 1.29 is 4.92 Å². The van der Waals surface area contributed by atoms with Crippen LogP contribution in [-0.2, 0) is 0 Å². The number of nitrogens with one attached hydrogen (secondary N) is 1. The Morgan fingerprint density at radius 2 is 1.95 bits per heavy atom. The van der Waals surface area contributed by atoms with Crippen LogP contribution in [-0.4, -0.2) is 16.5 Å². The van der Waals surface area contributed by atoms with Crippen LogP contribution in [0, 0.1) is 33.8 Å². The maximum Gasteiger partial charge on any atom is 0.314 e. The maximum absolute atomic E-state index is 11.1. The van der Waals surface area contributed by atoms with Crippen molar-refractivity contribution in [3.8, 4) is 0 Å². The highest BCUT2D eigenvalue weighted by Gasteiger charge is 2.64. The molecular weight excluding hydrogens is 242 g/mol. The van der Waals surface area contributed by atoms with Crippen molar-refractivity contribution in [3.63, 3.8) is 0 Å². The number of hydrogen-bond donors (Lipinski definition) is 1. The molecule has 1 heterocycles. The summed E-state index contributed by atoms with van der Waals surface area (Å²) in [7, 11) is 0. The summed E-state index contributed by atoms with van der Waals surface area (Å²) >= 11 is 0. The van der Waals surface area contributed by atoms with Crippen LogP contribution in [0.4, 0.5) is 11.5 Å². The number of hydrogen-bond acceptors (Lipinski definition) is 4. The molecular formula is C14H21N3O2. The van der Waals surface area contributed by atoms with Gasteiger partial charge in [-0.25, -0.2) is 4.98 Å². The first kappa shape index (κ1) is 13.8. The molecule has 2 rings (SSSR count). The van der Waals surface area contributed by atoms with Gasteiger partial charge in [0.1, 0.15) is 0 Å². The van der Waals surface area contributed by atoms with E-state index in [2.05, 4.69) is 38.0 Å². The first-order valence-corrected chi connectivity index (χ1v) is 6.53. The van der Waals surface area contributed by atoms with Gasteiger partial charge in [0.25, 0.3) is 0 Å². The maximum atomic E-state index is 11.1. The highest BCUT2D eigenvalue weighted by molar-refractivity contribution is 5.59. The van der Waals surface area contributed by atoms with E-state index < -0.39 is 0 Å². The Kier molecular flexibility index (Phi) is 3.03. The zero-order valence-corrected chi connectivity index (χ0v) is 12.2. The summed E-state index contributed by atoms with van der Waals surface area (Å²) in [5, 5.41) is 14.2. The fraction of sp³-hybridized carbons (Fsp3) is 0.643. The molecule has 1 N–H and O–H groups in total. The summed E-state index contributed by atoms with van der Waals surface area (Å²) in [5.41, 5.74) is 1.24. The van der Waals surface area contributed by atoms with Gasteiger partial charge in [0.2, 0.25) is 5.82 Å². The number of aryl methyl sites for hydroxylation is 1. The van der Waals surface area contributed by atoms with E-state index in [1.807, 2.05) is 0 Å². The van der Waals surface area contributed by atoms with Gasteiger partial charge in [-0.15, -0.1) is 0 Å². The Balaban J connectivity index is 2.14. The molecule has 0 atom stereocenters. The van der Waals surface area contributed by atoms with Gasteiger partial charge >= 0.3 is 5.69 Å². The Labute approximate surface area is 113 Å². The second kappa shape index (κ2) is 4.18. The summed E-state index contributed by atoms with van der Waals surface area (Å²) in [6.07, 6.45) is 1.61. The van der Waals surface area contributed by atoms with Gasteiger partial charge < -0.3 is 5.32 Å². The monoisotopic (exact) mass is 263 g/mol. The second-order valence-corrected chi connectivity index (χ2v) is 6.46. The van der Waals surface area contributed by atoms with Gasteiger partial charge in [0, 0.05) is 18.3 Å². The molecule has 5 nitrogen and oxygen atoms in total. The van der Waals surface area contributed by atoms with Crippen molar-refractivity contribution in [1.29, 1.82) is 0 Å². The second-order valence-electron chi connectivity index (χ2n) is 6.46. The normalized spacial score (nSPS) is 20.1. The smallest absolute Gasteiger partial charge is 0.314 e. The minimum Gasteiger partial charge on any atom is -0.364 e. The number of nitrogens with zero attached hydrogens (tertiary/aromatic N) is 2. The van der Waals surface area contributed by atoms with Crippen LogP contribution in [0.1, 0.15) is 33.3 Å². The van der Waals surface area contributed by atoms with Gasteiger partial charge in [-0.3, -0.25) is 10.1 Å². The number of anilines is 1. The molecule has 0 amide bonds. The zero-order chi connectivity index (χ0) is 14.4. The first-order valence-electron chi connectivity index (χ1n) is 6.53. The Morgan fingerprint density at radius 3 is 2.42 bits per heavy atom. The lowest BCUT2D eigenvalue weighted by molar-refractivity contribution is -0.384. The molecule has 104 valence electrons. The molecule has 0 radical (unpaired) electrons. The Hall–Kier alpha value is -1.65. The third-order valence-corrected chi connectivity index (χ3v) is 5.10. The van der Waals surface area contributed by atoms with Crippen LogP contribution >= 0.6 is 0 Å². The molecule has 1 aromatic heterocycles. The third-order valence-electron chi connectivity index (χ3n) is 5.10. The standard InChI is InChI=1S/C14H21N3O2/c1-9-6-7-15-12(11(9)17(18)19)16-8-10-13(2,3)14(10,4)5/h6-7,10H,8H2,1-5H3,(H,15,16). The average Bonchev–Trinajstić information content (AvgIpc) is 2.66. The van der Waals surface area contributed by atoms with Gasteiger partial charge in [-0.2, -0.15) is 0 Å². The largest absolute Gasteiger partial charge is 0.364 e. The van der Waals surface area contributed by atoms with Crippen molar-refractivity contribution in [2.75, 3.05) is 11.9 Å². The van der Waals surface area contributed by atoms with Crippen LogP contribution < -0.4 is 5.32 Å². The average molecular weight is 263 g/mol. The van der Waals surface area contributed by atoms with Crippen LogP contribution in [0.5, 0.6) is 0 Å². The van der Waals surface area contributed by atoms with Crippen molar-refractivity contribution in [2.24, 2.45) is 16.7 Å². The van der Waals surface area contributed by atoms with Gasteiger partial charge in [-0.1, -0.05) is 27.7 Å². The molecule has 0 saturated heterocycles.